The van der Waals surface area contributed by atoms with Crippen LogP contribution in [0.15, 0.2) is 52.8 Å². The van der Waals surface area contributed by atoms with Crippen molar-refractivity contribution in [1.82, 2.24) is 15.0 Å². The number of nitrogens with one attached hydrogen (secondary N) is 2. The van der Waals surface area contributed by atoms with Gasteiger partial charge in [-0.1, -0.05) is 0 Å². The molecule has 2 amide bonds. The molecule has 3 aromatic heterocycles. The first-order chi connectivity index (χ1) is 14.1. The molecule has 146 valence electrons. The molecule has 0 aliphatic rings. The molecule has 0 aliphatic carbocycles. The van der Waals surface area contributed by atoms with Gasteiger partial charge < -0.3 is 15.5 Å². The smallest absolute Gasteiger partial charge is 0.265 e. The highest BCUT2D eigenvalue weighted by atomic mass is 32.1. The summed E-state index contributed by atoms with van der Waals surface area (Å²) in [7, 11) is 0. The van der Waals surface area contributed by atoms with E-state index < -0.39 is 5.91 Å². The second-order valence-corrected chi connectivity index (χ2v) is 7.53. The number of ether oxygens (including phenoxy) is 1. The number of primary amides is 1. The molecule has 0 atom stereocenters. The Morgan fingerprint density at radius 3 is 2.72 bits per heavy atom. The molecule has 0 fully saturated rings. The Morgan fingerprint density at radius 2 is 2.03 bits per heavy atom. The number of H-pyrrole nitrogens is 1. The molecule has 0 bridgehead atoms. The second-order valence-electron chi connectivity index (χ2n) is 5.95. The fourth-order valence-electron chi connectivity index (χ4n) is 2.49. The molecule has 3 heterocycles. The van der Waals surface area contributed by atoms with Gasteiger partial charge in [0.25, 0.3) is 11.8 Å². The van der Waals surface area contributed by atoms with E-state index in [0.29, 0.717) is 34.4 Å². The fourth-order valence-corrected chi connectivity index (χ4v) is 3.74. The molecule has 0 spiro atoms. The SMILES string of the molecule is NC(=O)c1cc(-c2csc(NC(=O)c3ccc(OCc4cscn4)cc3)n2)c[nH]1. The maximum absolute atomic E-state index is 12.4. The third-order valence-corrected chi connectivity index (χ3v) is 5.35. The van der Waals surface area contributed by atoms with Gasteiger partial charge in [0.1, 0.15) is 18.1 Å². The monoisotopic (exact) mass is 425 g/mol. The minimum Gasteiger partial charge on any atom is -0.487 e. The van der Waals surface area contributed by atoms with Crippen LogP contribution in [0.1, 0.15) is 26.5 Å². The van der Waals surface area contributed by atoms with Crippen molar-refractivity contribution in [2.24, 2.45) is 5.73 Å². The van der Waals surface area contributed by atoms with E-state index in [2.05, 4.69) is 20.3 Å². The van der Waals surface area contributed by atoms with Crippen LogP contribution in [0.3, 0.4) is 0 Å². The quantitative estimate of drug-likeness (QED) is 0.418. The van der Waals surface area contributed by atoms with Gasteiger partial charge in [-0.05, 0) is 30.3 Å². The maximum atomic E-state index is 12.4. The fraction of sp³-hybridized carbons (Fsp3) is 0.0526. The largest absolute Gasteiger partial charge is 0.487 e. The van der Waals surface area contributed by atoms with Crippen LogP contribution in [0.5, 0.6) is 5.75 Å². The average Bonchev–Trinajstić information content (AvgIpc) is 3.47. The van der Waals surface area contributed by atoms with Gasteiger partial charge in [0.15, 0.2) is 5.13 Å². The third kappa shape index (κ3) is 4.50. The lowest BCUT2D eigenvalue weighted by atomic mass is 10.2. The van der Waals surface area contributed by atoms with E-state index in [9.17, 15) is 9.59 Å². The normalized spacial score (nSPS) is 10.6. The molecule has 29 heavy (non-hydrogen) atoms. The Hall–Kier alpha value is -3.50. The van der Waals surface area contributed by atoms with Gasteiger partial charge in [-0.15, -0.1) is 22.7 Å². The van der Waals surface area contributed by atoms with Crippen LogP contribution in [0, 0.1) is 0 Å². The number of benzene rings is 1. The molecule has 8 nitrogen and oxygen atoms in total. The number of carbonyl (C=O) groups excluding carboxylic acids is 2. The summed E-state index contributed by atoms with van der Waals surface area (Å²) in [5.74, 6) is -0.161. The summed E-state index contributed by atoms with van der Waals surface area (Å²) in [6.45, 7) is 0.382. The number of hydrogen-bond donors (Lipinski definition) is 3. The van der Waals surface area contributed by atoms with E-state index in [1.165, 1.54) is 22.7 Å². The molecule has 4 rings (SSSR count). The summed E-state index contributed by atoms with van der Waals surface area (Å²) in [6, 6.07) is 8.46. The molecule has 10 heteroatoms. The molecule has 0 saturated carbocycles. The third-order valence-electron chi connectivity index (χ3n) is 3.96. The van der Waals surface area contributed by atoms with E-state index in [0.717, 1.165) is 11.3 Å². The first-order valence-corrected chi connectivity index (χ1v) is 10.3. The van der Waals surface area contributed by atoms with Gasteiger partial charge in [0, 0.05) is 28.1 Å². The Bertz CT molecular complexity index is 1130. The Labute approximate surface area is 173 Å². The van der Waals surface area contributed by atoms with Crippen molar-refractivity contribution in [3.8, 4) is 17.0 Å². The van der Waals surface area contributed by atoms with Crippen LogP contribution in [0.25, 0.3) is 11.3 Å². The zero-order valence-corrected chi connectivity index (χ0v) is 16.5. The lowest BCUT2D eigenvalue weighted by Crippen LogP contribution is -2.11. The molecule has 0 unspecified atom stereocenters. The number of anilines is 1. The van der Waals surface area contributed by atoms with Gasteiger partial charge in [-0.3, -0.25) is 14.9 Å². The van der Waals surface area contributed by atoms with Crippen molar-refractivity contribution < 1.29 is 14.3 Å². The summed E-state index contributed by atoms with van der Waals surface area (Å²) < 4.78 is 5.64. The molecular formula is C19H15N5O3S2. The summed E-state index contributed by atoms with van der Waals surface area (Å²) in [6.07, 6.45) is 1.64. The molecule has 0 saturated heterocycles. The summed E-state index contributed by atoms with van der Waals surface area (Å²) in [4.78, 5) is 35.0. The highest BCUT2D eigenvalue weighted by Crippen LogP contribution is 2.26. The van der Waals surface area contributed by atoms with Crippen LogP contribution in [0.2, 0.25) is 0 Å². The van der Waals surface area contributed by atoms with Crippen LogP contribution < -0.4 is 15.8 Å². The average molecular weight is 425 g/mol. The van der Waals surface area contributed by atoms with Crippen molar-refractivity contribution in [2.75, 3.05) is 5.32 Å². The standard InChI is InChI=1S/C19H15N5O3S2/c20-17(25)15-5-12(6-21-15)16-9-29-19(23-16)24-18(26)11-1-3-14(4-2-11)27-7-13-8-28-10-22-13/h1-6,8-10,21H,7H2,(H2,20,25)(H,23,24,26). The van der Waals surface area contributed by atoms with Gasteiger partial charge in [0.05, 0.1) is 16.9 Å². The Balaban J connectivity index is 1.37. The van der Waals surface area contributed by atoms with Gasteiger partial charge >= 0.3 is 0 Å². The highest BCUT2D eigenvalue weighted by Gasteiger charge is 2.12. The topological polar surface area (TPSA) is 123 Å². The van der Waals surface area contributed by atoms with Crippen molar-refractivity contribution in [2.45, 2.75) is 6.61 Å². The lowest BCUT2D eigenvalue weighted by molar-refractivity contribution is 0.0994. The molecule has 0 aliphatic heterocycles. The van der Waals surface area contributed by atoms with Gasteiger partial charge in [-0.25, -0.2) is 9.97 Å². The molecule has 0 radical (unpaired) electrons. The number of amides is 2. The zero-order chi connectivity index (χ0) is 20.2. The summed E-state index contributed by atoms with van der Waals surface area (Å²) in [5, 5.41) is 6.94. The number of aromatic amines is 1. The Morgan fingerprint density at radius 1 is 1.21 bits per heavy atom. The number of rotatable bonds is 7. The van der Waals surface area contributed by atoms with Crippen molar-refractivity contribution >= 4 is 39.6 Å². The number of nitrogens with two attached hydrogens (primary N) is 1. The number of aromatic nitrogens is 3. The van der Waals surface area contributed by atoms with E-state index >= 15 is 0 Å². The number of carbonyl (C=O) groups is 2. The van der Waals surface area contributed by atoms with Crippen molar-refractivity contribution in [3.63, 3.8) is 0 Å². The number of nitrogens with zero attached hydrogens (tertiary/aromatic N) is 2. The highest BCUT2D eigenvalue weighted by molar-refractivity contribution is 7.14. The molecule has 4 aromatic rings. The van der Waals surface area contributed by atoms with E-state index in [1.54, 1.807) is 47.4 Å². The van der Waals surface area contributed by atoms with Crippen LogP contribution in [-0.2, 0) is 6.61 Å². The first kappa shape index (κ1) is 18.8. The predicted molar refractivity (Wildman–Crippen MR) is 111 cm³/mol. The second kappa shape index (κ2) is 8.25. The van der Waals surface area contributed by atoms with E-state index in [4.69, 9.17) is 10.5 Å². The van der Waals surface area contributed by atoms with E-state index in [1.807, 2.05) is 5.38 Å². The van der Waals surface area contributed by atoms with Crippen LogP contribution in [0.4, 0.5) is 5.13 Å². The predicted octanol–water partition coefficient (Wildman–Crippen LogP) is 3.52. The van der Waals surface area contributed by atoms with Crippen LogP contribution in [-0.4, -0.2) is 26.8 Å². The molecule has 4 N–H and O–H groups in total. The van der Waals surface area contributed by atoms with Gasteiger partial charge in [0.2, 0.25) is 0 Å². The number of thiazole rings is 2. The first-order valence-electron chi connectivity index (χ1n) is 8.44. The minimum atomic E-state index is -0.543. The molecule has 1 aromatic carbocycles. The van der Waals surface area contributed by atoms with E-state index in [-0.39, 0.29) is 5.91 Å². The number of hydrogen-bond acceptors (Lipinski definition) is 7. The molecular weight excluding hydrogens is 410 g/mol. The summed E-state index contributed by atoms with van der Waals surface area (Å²) in [5.41, 5.74) is 10.0. The van der Waals surface area contributed by atoms with Crippen LogP contribution >= 0.6 is 22.7 Å². The van der Waals surface area contributed by atoms with Crippen molar-refractivity contribution in [3.05, 3.63) is 69.8 Å². The van der Waals surface area contributed by atoms with Crippen molar-refractivity contribution in [1.29, 1.82) is 0 Å². The maximum Gasteiger partial charge on any atom is 0.265 e. The zero-order valence-electron chi connectivity index (χ0n) is 14.9. The lowest BCUT2D eigenvalue weighted by Gasteiger charge is -2.06. The van der Waals surface area contributed by atoms with Gasteiger partial charge in [-0.2, -0.15) is 0 Å². The Kier molecular flexibility index (Phi) is 5.36. The minimum absolute atomic E-state index is 0.274. The summed E-state index contributed by atoms with van der Waals surface area (Å²) >= 11 is 2.80.